The van der Waals surface area contributed by atoms with Gasteiger partial charge in [-0.3, -0.25) is 4.79 Å². The summed E-state index contributed by atoms with van der Waals surface area (Å²) in [5.41, 5.74) is 0.975. The number of hydrogen-bond acceptors (Lipinski definition) is 4. The molecule has 1 N–H and O–H groups in total. The third-order valence-electron chi connectivity index (χ3n) is 3.46. The van der Waals surface area contributed by atoms with Gasteiger partial charge < -0.3 is 19.7 Å². The number of rotatable bonds is 7. The molecule has 0 atom stereocenters. The second kappa shape index (κ2) is 8.10. The molecule has 0 saturated heterocycles. The van der Waals surface area contributed by atoms with Gasteiger partial charge in [0.2, 0.25) is 5.91 Å². The van der Waals surface area contributed by atoms with Crippen molar-refractivity contribution in [3.63, 3.8) is 0 Å². The van der Waals surface area contributed by atoms with Crippen LogP contribution in [0.1, 0.15) is 18.4 Å². The molecule has 21 heavy (non-hydrogen) atoms. The van der Waals surface area contributed by atoms with Gasteiger partial charge in [-0.15, -0.1) is 12.4 Å². The quantitative estimate of drug-likeness (QED) is 0.834. The van der Waals surface area contributed by atoms with Gasteiger partial charge in [0, 0.05) is 18.2 Å². The van der Waals surface area contributed by atoms with Crippen molar-refractivity contribution in [3.8, 4) is 11.5 Å². The van der Waals surface area contributed by atoms with Gasteiger partial charge >= 0.3 is 0 Å². The highest BCUT2D eigenvalue weighted by Crippen LogP contribution is 2.31. The Bertz CT molecular complexity index is 478. The number of nitrogens with one attached hydrogen (secondary N) is 1. The van der Waals surface area contributed by atoms with E-state index in [2.05, 4.69) is 5.32 Å². The lowest BCUT2D eigenvalue weighted by atomic mass is 10.1. The molecule has 1 aliphatic carbocycles. The van der Waals surface area contributed by atoms with Crippen LogP contribution in [0.4, 0.5) is 0 Å². The largest absolute Gasteiger partial charge is 0.497 e. The third-order valence-corrected chi connectivity index (χ3v) is 3.46. The van der Waals surface area contributed by atoms with Crippen molar-refractivity contribution in [1.29, 1.82) is 0 Å². The van der Waals surface area contributed by atoms with E-state index in [1.807, 2.05) is 23.1 Å². The van der Waals surface area contributed by atoms with E-state index < -0.39 is 0 Å². The van der Waals surface area contributed by atoms with Crippen molar-refractivity contribution >= 4 is 18.3 Å². The zero-order valence-corrected chi connectivity index (χ0v) is 13.5. The lowest BCUT2D eigenvalue weighted by Gasteiger charge is -2.23. The number of halogens is 1. The minimum Gasteiger partial charge on any atom is -0.497 e. The summed E-state index contributed by atoms with van der Waals surface area (Å²) in [7, 11) is 5.06. The molecule has 0 bridgehead atoms. The minimum absolute atomic E-state index is 0. The summed E-state index contributed by atoms with van der Waals surface area (Å²) in [6, 6.07) is 6.04. The van der Waals surface area contributed by atoms with E-state index in [0.29, 0.717) is 19.1 Å². The first kappa shape index (κ1) is 17.6. The zero-order chi connectivity index (χ0) is 14.5. The van der Waals surface area contributed by atoms with E-state index in [1.165, 1.54) is 0 Å². The Morgan fingerprint density at radius 1 is 1.33 bits per heavy atom. The normalized spacial score (nSPS) is 13.3. The topological polar surface area (TPSA) is 50.8 Å². The summed E-state index contributed by atoms with van der Waals surface area (Å²) in [6.07, 6.45) is 2.17. The summed E-state index contributed by atoms with van der Waals surface area (Å²) in [4.78, 5) is 14.1. The monoisotopic (exact) mass is 314 g/mol. The van der Waals surface area contributed by atoms with E-state index in [0.717, 1.165) is 29.9 Å². The number of hydrogen-bond donors (Lipinski definition) is 1. The molecule has 0 radical (unpaired) electrons. The first-order valence-electron chi connectivity index (χ1n) is 6.84. The Morgan fingerprint density at radius 2 is 2.05 bits per heavy atom. The molecule has 1 aliphatic rings. The second-order valence-electron chi connectivity index (χ2n) is 4.96. The molecule has 1 aromatic rings. The molecule has 0 heterocycles. The van der Waals surface area contributed by atoms with Crippen molar-refractivity contribution in [2.24, 2.45) is 0 Å². The van der Waals surface area contributed by atoms with Crippen LogP contribution in [0, 0.1) is 0 Å². The van der Waals surface area contributed by atoms with Crippen molar-refractivity contribution < 1.29 is 14.3 Å². The molecule has 5 nitrogen and oxygen atoms in total. The highest BCUT2D eigenvalue weighted by molar-refractivity contribution is 5.85. The number of likely N-dealkylation sites (N-methyl/N-ethyl adjacent to an activating group) is 1. The number of carbonyl (C=O) groups excluding carboxylic acids is 1. The van der Waals surface area contributed by atoms with E-state index in [-0.39, 0.29) is 18.3 Å². The van der Waals surface area contributed by atoms with Crippen molar-refractivity contribution in [2.75, 3.05) is 27.8 Å². The number of amides is 1. The first-order valence-corrected chi connectivity index (χ1v) is 6.84. The fourth-order valence-corrected chi connectivity index (χ4v) is 2.25. The van der Waals surface area contributed by atoms with Crippen LogP contribution in [0.2, 0.25) is 0 Å². The fourth-order valence-electron chi connectivity index (χ4n) is 2.25. The molecule has 1 amide bonds. The molecule has 1 fully saturated rings. The molecule has 0 aliphatic heterocycles. The molecular weight excluding hydrogens is 292 g/mol. The lowest BCUT2D eigenvalue weighted by Crippen LogP contribution is -2.38. The van der Waals surface area contributed by atoms with E-state index in [4.69, 9.17) is 9.47 Å². The smallest absolute Gasteiger partial charge is 0.237 e. The molecule has 2 rings (SSSR count). The number of methoxy groups -OCH3 is 2. The van der Waals surface area contributed by atoms with Gasteiger partial charge in [0.15, 0.2) is 0 Å². The molecule has 118 valence electrons. The molecule has 1 aromatic carbocycles. The summed E-state index contributed by atoms with van der Waals surface area (Å²) < 4.78 is 10.6. The Balaban J connectivity index is 0.00000220. The molecule has 0 unspecified atom stereocenters. The predicted octanol–water partition coefficient (Wildman–Crippen LogP) is 1.84. The average Bonchev–Trinajstić information content (AvgIpc) is 3.29. The molecule has 6 heteroatoms. The number of nitrogens with zero attached hydrogens (tertiary/aromatic N) is 1. The predicted molar refractivity (Wildman–Crippen MR) is 84.3 cm³/mol. The van der Waals surface area contributed by atoms with Gasteiger partial charge in [0.05, 0.1) is 20.8 Å². The van der Waals surface area contributed by atoms with E-state index in [9.17, 15) is 4.79 Å². The van der Waals surface area contributed by atoms with Crippen molar-refractivity contribution in [2.45, 2.75) is 25.4 Å². The SMILES string of the molecule is CNCC(=O)N(Cc1cc(OC)ccc1OC)C1CC1.Cl. The Labute approximate surface area is 132 Å². The van der Waals surface area contributed by atoms with Crippen molar-refractivity contribution in [3.05, 3.63) is 23.8 Å². The summed E-state index contributed by atoms with van der Waals surface area (Å²) in [5, 5.41) is 2.92. The van der Waals surface area contributed by atoms with Crippen LogP contribution in [-0.2, 0) is 11.3 Å². The molecular formula is C15H23ClN2O3. The van der Waals surface area contributed by atoms with E-state index in [1.54, 1.807) is 21.3 Å². The first-order chi connectivity index (χ1) is 9.69. The maximum Gasteiger partial charge on any atom is 0.237 e. The Hall–Kier alpha value is -1.46. The van der Waals surface area contributed by atoms with Crippen LogP contribution in [0.3, 0.4) is 0 Å². The van der Waals surface area contributed by atoms with Crippen molar-refractivity contribution in [1.82, 2.24) is 10.2 Å². The van der Waals surface area contributed by atoms with Gasteiger partial charge in [-0.25, -0.2) is 0 Å². The highest BCUT2D eigenvalue weighted by Gasteiger charge is 2.32. The number of carbonyl (C=O) groups is 1. The van der Waals surface area contributed by atoms with Crippen LogP contribution in [0.25, 0.3) is 0 Å². The zero-order valence-electron chi connectivity index (χ0n) is 12.7. The Morgan fingerprint density at radius 3 is 2.57 bits per heavy atom. The second-order valence-corrected chi connectivity index (χ2v) is 4.96. The van der Waals surface area contributed by atoms with Gasteiger partial charge in [-0.2, -0.15) is 0 Å². The fraction of sp³-hybridized carbons (Fsp3) is 0.533. The van der Waals surface area contributed by atoms with Gasteiger partial charge in [0.25, 0.3) is 0 Å². The number of benzene rings is 1. The van der Waals surface area contributed by atoms with Gasteiger partial charge in [0.1, 0.15) is 11.5 Å². The summed E-state index contributed by atoms with van der Waals surface area (Å²) in [6.45, 7) is 0.925. The van der Waals surface area contributed by atoms with Gasteiger partial charge in [-0.05, 0) is 38.1 Å². The lowest BCUT2D eigenvalue weighted by molar-refractivity contribution is -0.131. The van der Waals surface area contributed by atoms with Crippen LogP contribution >= 0.6 is 12.4 Å². The molecule has 1 saturated carbocycles. The highest BCUT2D eigenvalue weighted by atomic mass is 35.5. The summed E-state index contributed by atoms with van der Waals surface area (Å²) in [5.74, 6) is 1.69. The van der Waals surface area contributed by atoms with Crippen LogP contribution in [0.5, 0.6) is 11.5 Å². The van der Waals surface area contributed by atoms with Crippen LogP contribution in [0.15, 0.2) is 18.2 Å². The van der Waals surface area contributed by atoms with Crippen LogP contribution < -0.4 is 14.8 Å². The molecule has 0 aromatic heterocycles. The van der Waals surface area contributed by atoms with E-state index >= 15 is 0 Å². The van der Waals surface area contributed by atoms with Gasteiger partial charge in [-0.1, -0.05) is 0 Å². The standard InChI is InChI=1S/C15H22N2O3.ClH/c1-16-9-15(18)17(12-4-5-12)10-11-8-13(19-2)6-7-14(11)20-3;/h6-8,12,16H,4-5,9-10H2,1-3H3;1H. The third kappa shape index (κ3) is 4.51. The molecule has 0 spiro atoms. The van der Waals surface area contributed by atoms with Crippen LogP contribution in [-0.4, -0.2) is 44.7 Å². The average molecular weight is 315 g/mol. The maximum absolute atomic E-state index is 12.2. The number of ether oxygens (including phenoxy) is 2. The summed E-state index contributed by atoms with van der Waals surface area (Å²) >= 11 is 0. The minimum atomic E-state index is 0. The maximum atomic E-state index is 12.2. The Kier molecular flexibility index (Phi) is 6.78.